The Bertz CT molecular complexity index is 633. The van der Waals surface area contributed by atoms with Gasteiger partial charge in [0.2, 0.25) is 0 Å². The SMILES string of the molecule is FC1(F)Oc2cccc(CC3C=CC=CC3C(F)(F)F)c2O1. The van der Waals surface area contributed by atoms with Gasteiger partial charge >= 0.3 is 12.5 Å². The highest BCUT2D eigenvalue weighted by Crippen LogP contribution is 2.45. The summed E-state index contributed by atoms with van der Waals surface area (Å²) in [4.78, 5) is 0. The summed E-state index contributed by atoms with van der Waals surface area (Å²) >= 11 is 0. The van der Waals surface area contributed by atoms with Gasteiger partial charge in [0.15, 0.2) is 11.5 Å². The standard InChI is InChI=1S/C15H11F5O2/c16-14(17,18)11-6-2-1-4-9(11)8-10-5-3-7-12-13(10)22-15(19,20)21-12/h1-7,9,11H,8H2. The summed E-state index contributed by atoms with van der Waals surface area (Å²) in [6.07, 6.45) is -2.92. The van der Waals surface area contributed by atoms with Crippen LogP contribution in [0.5, 0.6) is 11.5 Å². The Hall–Kier alpha value is -2.05. The lowest BCUT2D eigenvalue weighted by Gasteiger charge is -2.26. The molecule has 0 bridgehead atoms. The Morgan fingerprint density at radius 3 is 2.50 bits per heavy atom. The van der Waals surface area contributed by atoms with Gasteiger partial charge in [0, 0.05) is 0 Å². The fourth-order valence-electron chi connectivity index (χ4n) is 2.64. The van der Waals surface area contributed by atoms with Gasteiger partial charge in [-0.2, -0.15) is 13.2 Å². The minimum absolute atomic E-state index is 0.0758. The highest BCUT2D eigenvalue weighted by molar-refractivity contribution is 5.49. The Kier molecular flexibility index (Phi) is 3.38. The van der Waals surface area contributed by atoms with Crippen molar-refractivity contribution in [1.29, 1.82) is 0 Å². The first-order valence-electron chi connectivity index (χ1n) is 6.56. The van der Waals surface area contributed by atoms with Crippen molar-refractivity contribution in [3.8, 4) is 11.5 Å². The molecule has 1 aliphatic carbocycles. The molecule has 7 heteroatoms. The minimum Gasteiger partial charge on any atom is -0.395 e. The largest absolute Gasteiger partial charge is 0.586 e. The van der Waals surface area contributed by atoms with Crippen LogP contribution < -0.4 is 9.47 Å². The van der Waals surface area contributed by atoms with Gasteiger partial charge in [-0.3, -0.25) is 0 Å². The molecule has 0 aromatic heterocycles. The molecule has 0 N–H and O–H groups in total. The number of fused-ring (bicyclic) bond motifs is 1. The highest BCUT2D eigenvalue weighted by Gasteiger charge is 2.46. The first-order valence-corrected chi connectivity index (χ1v) is 6.56. The van der Waals surface area contributed by atoms with Crippen LogP contribution in [-0.2, 0) is 6.42 Å². The number of hydrogen-bond acceptors (Lipinski definition) is 2. The summed E-state index contributed by atoms with van der Waals surface area (Å²) in [5.74, 6) is -2.90. The van der Waals surface area contributed by atoms with Crippen LogP contribution in [0.3, 0.4) is 0 Å². The van der Waals surface area contributed by atoms with Crippen molar-refractivity contribution in [3.63, 3.8) is 0 Å². The molecule has 2 nitrogen and oxygen atoms in total. The fourth-order valence-corrected chi connectivity index (χ4v) is 2.64. The molecule has 0 radical (unpaired) electrons. The molecule has 2 atom stereocenters. The zero-order chi connectivity index (χ0) is 16.0. The predicted octanol–water partition coefficient (Wildman–Crippen LogP) is 4.47. The van der Waals surface area contributed by atoms with Crippen LogP contribution in [-0.4, -0.2) is 12.5 Å². The minimum atomic E-state index is -4.40. The van der Waals surface area contributed by atoms with E-state index in [1.54, 1.807) is 0 Å². The number of halogens is 5. The second-order valence-corrected chi connectivity index (χ2v) is 5.12. The monoisotopic (exact) mass is 318 g/mol. The van der Waals surface area contributed by atoms with Gasteiger partial charge < -0.3 is 9.47 Å². The second-order valence-electron chi connectivity index (χ2n) is 5.12. The van der Waals surface area contributed by atoms with Crippen molar-refractivity contribution < 1.29 is 31.4 Å². The van der Waals surface area contributed by atoms with Crippen LogP contribution in [0.25, 0.3) is 0 Å². The zero-order valence-electron chi connectivity index (χ0n) is 11.1. The molecule has 0 amide bonds. The van der Waals surface area contributed by atoms with E-state index in [2.05, 4.69) is 9.47 Å². The lowest BCUT2D eigenvalue weighted by Crippen LogP contribution is -2.30. The molecule has 0 fully saturated rings. The molecular formula is C15H11F5O2. The van der Waals surface area contributed by atoms with E-state index in [-0.39, 0.29) is 23.5 Å². The number of para-hydroxylation sites is 1. The van der Waals surface area contributed by atoms with E-state index < -0.39 is 24.3 Å². The Morgan fingerprint density at radius 2 is 1.77 bits per heavy atom. The van der Waals surface area contributed by atoms with Crippen molar-refractivity contribution in [2.45, 2.75) is 18.9 Å². The number of ether oxygens (including phenoxy) is 2. The normalized spacial score (nSPS) is 25.5. The van der Waals surface area contributed by atoms with Gasteiger partial charge in [-0.15, -0.1) is 8.78 Å². The molecule has 0 saturated heterocycles. The van der Waals surface area contributed by atoms with E-state index in [0.717, 1.165) is 6.08 Å². The van der Waals surface area contributed by atoms with Crippen LogP contribution in [0.1, 0.15) is 5.56 Å². The van der Waals surface area contributed by atoms with Crippen LogP contribution in [0.15, 0.2) is 42.5 Å². The molecule has 2 aliphatic rings. The lowest BCUT2D eigenvalue weighted by atomic mass is 9.83. The van der Waals surface area contributed by atoms with Gasteiger partial charge in [0.25, 0.3) is 0 Å². The summed E-state index contributed by atoms with van der Waals surface area (Å²) < 4.78 is 74.0. The first kappa shape index (κ1) is 14.9. The molecule has 1 aliphatic heterocycles. The quantitative estimate of drug-likeness (QED) is 0.749. The first-order chi connectivity index (χ1) is 10.3. The lowest BCUT2D eigenvalue weighted by molar-refractivity contribution is -0.287. The average molecular weight is 318 g/mol. The van der Waals surface area contributed by atoms with Crippen molar-refractivity contribution in [1.82, 2.24) is 0 Å². The molecule has 0 spiro atoms. The molecule has 1 aromatic carbocycles. The van der Waals surface area contributed by atoms with Gasteiger partial charge in [-0.1, -0.05) is 36.4 Å². The predicted molar refractivity (Wildman–Crippen MR) is 67.7 cm³/mol. The topological polar surface area (TPSA) is 18.5 Å². The van der Waals surface area contributed by atoms with Crippen molar-refractivity contribution >= 4 is 0 Å². The Labute approximate surface area is 122 Å². The van der Waals surface area contributed by atoms with E-state index in [1.807, 2.05) is 0 Å². The van der Waals surface area contributed by atoms with E-state index >= 15 is 0 Å². The maximum Gasteiger partial charge on any atom is 0.586 e. The smallest absolute Gasteiger partial charge is 0.395 e. The summed E-state index contributed by atoms with van der Waals surface area (Å²) in [5, 5.41) is 0. The van der Waals surface area contributed by atoms with Crippen LogP contribution >= 0.6 is 0 Å². The number of hydrogen-bond donors (Lipinski definition) is 0. The zero-order valence-corrected chi connectivity index (χ0v) is 11.1. The number of benzene rings is 1. The number of rotatable bonds is 2. The van der Waals surface area contributed by atoms with Gasteiger partial charge in [-0.05, 0) is 24.0 Å². The third-order valence-electron chi connectivity index (χ3n) is 3.59. The third-order valence-corrected chi connectivity index (χ3v) is 3.59. The maximum atomic E-state index is 13.1. The second kappa shape index (κ2) is 5.00. The average Bonchev–Trinajstić information content (AvgIpc) is 2.73. The molecule has 0 saturated carbocycles. The summed E-state index contributed by atoms with van der Waals surface area (Å²) in [7, 11) is 0. The number of allylic oxidation sites excluding steroid dienone is 4. The van der Waals surface area contributed by atoms with Crippen LogP contribution in [0, 0.1) is 11.8 Å². The maximum absolute atomic E-state index is 13.1. The van der Waals surface area contributed by atoms with Crippen molar-refractivity contribution in [2.75, 3.05) is 0 Å². The fraction of sp³-hybridized carbons (Fsp3) is 0.333. The molecular weight excluding hydrogens is 307 g/mol. The molecule has 22 heavy (non-hydrogen) atoms. The van der Waals surface area contributed by atoms with Crippen LogP contribution in [0.4, 0.5) is 22.0 Å². The van der Waals surface area contributed by atoms with Gasteiger partial charge in [0.1, 0.15) is 0 Å². The third kappa shape index (κ3) is 2.80. The van der Waals surface area contributed by atoms with E-state index in [9.17, 15) is 22.0 Å². The summed E-state index contributed by atoms with van der Waals surface area (Å²) in [6, 6.07) is 4.20. The number of alkyl halides is 5. The van der Waals surface area contributed by atoms with Crippen molar-refractivity contribution in [3.05, 3.63) is 48.1 Å². The van der Waals surface area contributed by atoms with Gasteiger partial charge in [0.05, 0.1) is 5.92 Å². The van der Waals surface area contributed by atoms with Gasteiger partial charge in [-0.25, -0.2) is 0 Å². The van der Waals surface area contributed by atoms with E-state index in [0.29, 0.717) is 0 Å². The molecule has 3 rings (SSSR count). The highest BCUT2D eigenvalue weighted by atomic mass is 19.4. The molecule has 1 heterocycles. The molecule has 2 unspecified atom stereocenters. The molecule has 1 aromatic rings. The molecule has 118 valence electrons. The summed E-state index contributed by atoms with van der Waals surface area (Å²) in [5.41, 5.74) is 0.258. The Morgan fingerprint density at radius 1 is 1.05 bits per heavy atom. The summed E-state index contributed by atoms with van der Waals surface area (Å²) in [6.45, 7) is 0. The van der Waals surface area contributed by atoms with Crippen LogP contribution in [0.2, 0.25) is 0 Å². The Balaban J connectivity index is 1.87. The van der Waals surface area contributed by atoms with E-state index in [4.69, 9.17) is 0 Å². The van der Waals surface area contributed by atoms with Crippen molar-refractivity contribution in [2.24, 2.45) is 11.8 Å². The van der Waals surface area contributed by atoms with E-state index in [1.165, 1.54) is 36.4 Å².